The summed E-state index contributed by atoms with van der Waals surface area (Å²) in [7, 11) is 0. The second-order valence-electron chi connectivity index (χ2n) is 4.22. The monoisotopic (exact) mass is 270 g/mol. The van der Waals surface area contributed by atoms with Gasteiger partial charge in [0.2, 0.25) is 0 Å². The summed E-state index contributed by atoms with van der Waals surface area (Å²) < 4.78 is 18.5. The predicted octanol–water partition coefficient (Wildman–Crippen LogP) is 3.90. The van der Waals surface area contributed by atoms with Crippen LogP contribution in [0.15, 0.2) is 48.5 Å². The molecule has 0 saturated heterocycles. The lowest BCUT2D eigenvalue weighted by molar-refractivity contribution is 0.340. The smallest absolute Gasteiger partial charge is 0.140 e. The quantitative estimate of drug-likeness (QED) is 0.896. The largest absolute Gasteiger partial charge is 0.494 e. The van der Waals surface area contributed by atoms with Gasteiger partial charge in [0.15, 0.2) is 0 Å². The van der Waals surface area contributed by atoms with Crippen molar-refractivity contribution in [3.63, 3.8) is 0 Å². The van der Waals surface area contributed by atoms with E-state index >= 15 is 0 Å². The molecule has 0 amide bonds. The SMILES string of the molecule is CCOc1ccc(C(C#N)Nc2cccc(F)c2)cc1. The van der Waals surface area contributed by atoms with Crippen LogP contribution >= 0.6 is 0 Å². The highest BCUT2D eigenvalue weighted by atomic mass is 19.1. The van der Waals surface area contributed by atoms with E-state index in [1.807, 2.05) is 31.2 Å². The van der Waals surface area contributed by atoms with Crippen LogP contribution in [-0.4, -0.2) is 6.61 Å². The Morgan fingerprint density at radius 1 is 1.25 bits per heavy atom. The van der Waals surface area contributed by atoms with Crippen molar-refractivity contribution < 1.29 is 9.13 Å². The number of anilines is 1. The number of hydrogen-bond donors (Lipinski definition) is 1. The Kier molecular flexibility index (Phi) is 4.56. The Morgan fingerprint density at radius 3 is 2.60 bits per heavy atom. The molecule has 2 rings (SSSR count). The summed E-state index contributed by atoms with van der Waals surface area (Å²) in [5, 5.41) is 12.2. The zero-order valence-electron chi connectivity index (χ0n) is 11.1. The van der Waals surface area contributed by atoms with E-state index in [1.165, 1.54) is 12.1 Å². The van der Waals surface area contributed by atoms with Crippen LogP contribution in [0.3, 0.4) is 0 Å². The molecule has 4 heteroatoms. The zero-order chi connectivity index (χ0) is 14.4. The van der Waals surface area contributed by atoms with E-state index in [2.05, 4.69) is 11.4 Å². The molecule has 1 unspecified atom stereocenters. The van der Waals surface area contributed by atoms with E-state index in [1.54, 1.807) is 12.1 Å². The standard InChI is InChI=1S/C16H15FN2O/c1-2-20-15-8-6-12(7-9-15)16(11-18)19-14-5-3-4-13(17)10-14/h3-10,16,19H,2H2,1H3. The minimum atomic E-state index is -0.535. The van der Waals surface area contributed by atoms with Gasteiger partial charge < -0.3 is 10.1 Å². The van der Waals surface area contributed by atoms with Gasteiger partial charge in [-0.15, -0.1) is 0 Å². The van der Waals surface area contributed by atoms with Crippen molar-refractivity contribution in [1.29, 1.82) is 5.26 Å². The lowest BCUT2D eigenvalue weighted by Gasteiger charge is -2.14. The van der Waals surface area contributed by atoms with Crippen LogP contribution in [-0.2, 0) is 0 Å². The molecule has 1 N–H and O–H groups in total. The maximum absolute atomic E-state index is 13.1. The van der Waals surface area contributed by atoms with E-state index in [9.17, 15) is 9.65 Å². The highest BCUT2D eigenvalue weighted by Crippen LogP contribution is 2.22. The summed E-state index contributed by atoms with van der Waals surface area (Å²) >= 11 is 0. The first kappa shape index (κ1) is 13.9. The van der Waals surface area contributed by atoms with Gasteiger partial charge in [-0.1, -0.05) is 18.2 Å². The molecule has 0 aliphatic rings. The van der Waals surface area contributed by atoms with E-state index in [-0.39, 0.29) is 5.82 Å². The van der Waals surface area contributed by atoms with Crippen LogP contribution in [0.5, 0.6) is 5.75 Å². The van der Waals surface area contributed by atoms with Gasteiger partial charge in [0.25, 0.3) is 0 Å². The molecule has 1 atom stereocenters. The molecule has 2 aromatic rings. The van der Waals surface area contributed by atoms with Gasteiger partial charge in [-0.25, -0.2) is 4.39 Å². The molecule has 0 saturated carbocycles. The first-order valence-electron chi connectivity index (χ1n) is 6.37. The van der Waals surface area contributed by atoms with E-state index in [0.717, 1.165) is 11.3 Å². The number of nitrogens with one attached hydrogen (secondary N) is 1. The third-order valence-corrected chi connectivity index (χ3v) is 2.79. The number of nitrogens with zero attached hydrogens (tertiary/aromatic N) is 1. The highest BCUT2D eigenvalue weighted by molar-refractivity contribution is 5.48. The topological polar surface area (TPSA) is 45.0 Å². The van der Waals surface area contributed by atoms with E-state index in [0.29, 0.717) is 12.3 Å². The van der Waals surface area contributed by atoms with Gasteiger partial charge in [0.1, 0.15) is 17.6 Å². The number of benzene rings is 2. The number of nitriles is 1. The summed E-state index contributed by atoms with van der Waals surface area (Å²) in [5.41, 5.74) is 1.38. The van der Waals surface area contributed by atoms with Crippen molar-refractivity contribution >= 4 is 5.69 Å². The van der Waals surface area contributed by atoms with Crippen molar-refractivity contribution in [2.75, 3.05) is 11.9 Å². The summed E-state index contributed by atoms with van der Waals surface area (Å²) in [6.45, 7) is 2.51. The van der Waals surface area contributed by atoms with Crippen LogP contribution in [0.2, 0.25) is 0 Å². The maximum atomic E-state index is 13.1. The van der Waals surface area contributed by atoms with Crippen molar-refractivity contribution in [2.45, 2.75) is 13.0 Å². The normalized spacial score (nSPS) is 11.4. The minimum absolute atomic E-state index is 0.335. The molecular weight excluding hydrogens is 255 g/mol. The molecule has 0 fully saturated rings. The average molecular weight is 270 g/mol. The third-order valence-electron chi connectivity index (χ3n) is 2.79. The van der Waals surface area contributed by atoms with Crippen LogP contribution in [0.4, 0.5) is 10.1 Å². The fraction of sp³-hybridized carbons (Fsp3) is 0.188. The maximum Gasteiger partial charge on any atom is 0.140 e. The number of rotatable bonds is 5. The molecule has 0 aliphatic carbocycles. The van der Waals surface area contributed by atoms with Gasteiger partial charge in [-0.05, 0) is 42.8 Å². The van der Waals surface area contributed by atoms with Crippen molar-refractivity contribution in [1.82, 2.24) is 0 Å². The molecule has 0 spiro atoms. The molecule has 102 valence electrons. The van der Waals surface area contributed by atoms with E-state index < -0.39 is 6.04 Å². The van der Waals surface area contributed by atoms with E-state index in [4.69, 9.17) is 4.74 Å². The van der Waals surface area contributed by atoms with Gasteiger partial charge in [-0.2, -0.15) is 5.26 Å². The molecule has 3 nitrogen and oxygen atoms in total. The zero-order valence-corrected chi connectivity index (χ0v) is 11.1. The summed E-state index contributed by atoms with van der Waals surface area (Å²) in [4.78, 5) is 0. The van der Waals surface area contributed by atoms with Crippen LogP contribution in [0.1, 0.15) is 18.5 Å². The van der Waals surface area contributed by atoms with Crippen molar-refractivity contribution in [3.05, 3.63) is 59.9 Å². The first-order valence-corrected chi connectivity index (χ1v) is 6.37. The first-order chi connectivity index (χ1) is 9.72. The fourth-order valence-corrected chi connectivity index (χ4v) is 1.86. The van der Waals surface area contributed by atoms with Crippen LogP contribution < -0.4 is 10.1 Å². The van der Waals surface area contributed by atoms with Crippen molar-refractivity contribution in [3.8, 4) is 11.8 Å². The highest BCUT2D eigenvalue weighted by Gasteiger charge is 2.10. The van der Waals surface area contributed by atoms with Gasteiger partial charge >= 0.3 is 0 Å². The molecule has 0 aliphatic heterocycles. The predicted molar refractivity (Wildman–Crippen MR) is 76.0 cm³/mol. The molecule has 20 heavy (non-hydrogen) atoms. The molecular formula is C16H15FN2O. The molecule has 0 bridgehead atoms. The summed E-state index contributed by atoms with van der Waals surface area (Å²) in [6.07, 6.45) is 0. The second kappa shape index (κ2) is 6.58. The molecule has 2 aromatic carbocycles. The van der Waals surface area contributed by atoms with Crippen LogP contribution in [0, 0.1) is 17.1 Å². The van der Waals surface area contributed by atoms with Crippen molar-refractivity contribution in [2.24, 2.45) is 0 Å². The Hall–Kier alpha value is -2.54. The van der Waals surface area contributed by atoms with Gasteiger partial charge in [-0.3, -0.25) is 0 Å². The third kappa shape index (κ3) is 3.48. The number of hydrogen-bond acceptors (Lipinski definition) is 3. The van der Waals surface area contributed by atoms with Gasteiger partial charge in [0, 0.05) is 5.69 Å². The Labute approximate surface area is 117 Å². The Bertz CT molecular complexity index is 605. The fourth-order valence-electron chi connectivity index (χ4n) is 1.86. The Balaban J connectivity index is 2.14. The summed E-state index contributed by atoms with van der Waals surface area (Å²) in [5.74, 6) is 0.428. The average Bonchev–Trinajstić information content (AvgIpc) is 2.46. The number of ether oxygens (including phenoxy) is 1. The lowest BCUT2D eigenvalue weighted by Crippen LogP contribution is -2.08. The van der Waals surface area contributed by atoms with Crippen LogP contribution in [0.25, 0.3) is 0 Å². The molecule has 0 heterocycles. The molecule has 0 radical (unpaired) electrons. The Morgan fingerprint density at radius 2 is 2.00 bits per heavy atom. The number of halogens is 1. The minimum Gasteiger partial charge on any atom is -0.494 e. The molecule has 0 aromatic heterocycles. The lowest BCUT2D eigenvalue weighted by atomic mass is 10.1. The summed E-state index contributed by atoms with van der Waals surface area (Å²) in [6, 6.07) is 15.0. The van der Waals surface area contributed by atoms with Gasteiger partial charge in [0.05, 0.1) is 12.7 Å². The second-order valence-corrected chi connectivity index (χ2v) is 4.22.